The molecule has 2 N–H and O–H groups in total. The number of pyridine rings is 1. The molecule has 2 aliphatic heterocycles. The predicted molar refractivity (Wildman–Crippen MR) is 91.7 cm³/mol. The molecule has 0 bridgehead atoms. The van der Waals surface area contributed by atoms with Gasteiger partial charge in [0.05, 0.1) is 17.6 Å². The van der Waals surface area contributed by atoms with Crippen LogP contribution < -0.4 is 5.32 Å². The number of aliphatic hydroxyl groups is 1. The van der Waals surface area contributed by atoms with Crippen molar-refractivity contribution >= 4 is 11.8 Å². The molecule has 6 nitrogen and oxygen atoms in total. The molecule has 1 spiro atoms. The third-order valence-electron chi connectivity index (χ3n) is 6.30. The maximum Gasteiger partial charge on any atom is 0.225 e. The first-order valence-electron chi connectivity index (χ1n) is 9.21. The van der Waals surface area contributed by atoms with Crippen molar-refractivity contribution in [1.29, 1.82) is 0 Å². The molecular formula is C19H25N3O3. The fraction of sp³-hybridized carbons (Fsp3) is 0.632. The van der Waals surface area contributed by atoms with Crippen LogP contribution in [0.2, 0.25) is 0 Å². The number of rotatable bonds is 3. The molecule has 0 radical (unpaired) electrons. The van der Waals surface area contributed by atoms with Gasteiger partial charge in [-0.15, -0.1) is 0 Å². The minimum absolute atomic E-state index is 0.0410. The first-order valence-corrected chi connectivity index (χ1v) is 9.21. The lowest BCUT2D eigenvalue weighted by Crippen LogP contribution is -2.55. The number of amides is 2. The van der Waals surface area contributed by atoms with Crippen LogP contribution in [0.3, 0.4) is 0 Å². The van der Waals surface area contributed by atoms with Gasteiger partial charge in [-0.2, -0.15) is 0 Å². The van der Waals surface area contributed by atoms with E-state index in [1.165, 1.54) is 0 Å². The van der Waals surface area contributed by atoms with E-state index in [1.54, 1.807) is 6.20 Å². The lowest BCUT2D eigenvalue weighted by atomic mass is 9.74. The van der Waals surface area contributed by atoms with Gasteiger partial charge in [-0.25, -0.2) is 0 Å². The summed E-state index contributed by atoms with van der Waals surface area (Å²) in [6, 6.07) is 3.94. The fourth-order valence-electron chi connectivity index (χ4n) is 4.60. The summed E-state index contributed by atoms with van der Waals surface area (Å²) in [6.45, 7) is 1.26. The molecule has 1 saturated carbocycles. The van der Waals surface area contributed by atoms with Crippen molar-refractivity contribution in [2.75, 3.05) is 13.1 Å². The Morgan fingerprint density at radius 1 is 1.32 bits per heavy atom. The first kappa shape index (κ1) is 16.5. The predicted octanol–water partition coefficient (Wildman–Crippen LogP) is 1.35. The minimum atomic E-state index is -0.772. The van der Waals surface area contributed by atoms with E-state index in [2.05, 4.69) is 10.3 Å². The van der Waals surface area contributed by atoms with Gasteiger partial charge in [-0.3, -0.25) is 14.6 Å². The molecule has 0 aromatic carbocycles. The Hall–Kier alpha value is -1.95. The van der Waals surface area contributed by atoms with E-state index in [9.17, 15) is 14.7 Å². The van der Waals surface area contributed by atoms with Crippen LogP contribution in [0, 0.1) is 0 Å². The summed E-state index contributed by atoms with van der Waals surface area (Å²) >= 11 is 0. The number of hydrogen-bond acceptors (Lipinski definition) is 4. The van der Waals surface area contributed by atoms with Crippen molar-refractivity contribution in [1.82, 2.24) is 15.2 Å². The molecular weight excluding hydrogens is 318 g/mol. The average Bonchev–Trinajstić information content (AvgIpc) is 2.90. The normalized spacial score (nSPS) is 27.0. The van der Waals surface area contributed by atoms with E-state index >= 15 is 0 Å². The van der Waals surface area contributed by atoms with Gasteiger partial charge in [0.15, 0.2) is 0 Å². The Morgan fingerprint density at radius 2 is 2.08 bits per heavy atom. The zero-order valence-corrected chi connectivity index (χ0v) is 14.4. The molecule has 1 aromatic heterocycles. The van der Waals surface area contributed by atoms with Gasteiger partial charge in [0.1, 0.15) is 0 Å². The van der Waals surface area contributed by atoms with Crippen LogP contribution in [-0.2, 0) is 9.59 Å². The highest BCUT2D eigenvalue weighted by Gasteiger charge is 2.49. The highest BCUT2D eigenvalue weighted by atomic mass is 16.3. The zero-order valence-electron chi connectivity index (χ0n) is 14.4. The maximum absolute atomic E-state index is 12.5. The van der Waals surface area contributed by atoms with E-state index in [0.29, 0.717) is 19.5 Å². The first-order chi connectivity index (χ1) is 12.0. The van der Waals surface area contributed by atoms with Gasteiger partial charge in [0, 0.05) is 37.8 Å². The van der Waals surface area contributed by atoms with E-state index < -0.39 is 5.60 Å². The molecule has 134 valence electrons. The van der Waals surface area contributed by atoms with Crippen LogP contribution in [0.25, 0.3) is 0 Å². The summed E-state index contributed by atoms with van der Waals surface area (Å²) in [5.74, 6) is 0.235. The topological polar surface area (TPSA) is 82.5 Å². The van der Waals surface area contributed by atoms with Crippen molar-refractivity contribution in [2.45, 2.75) is 62.0 Å². The summed E-state index contributed by atoms with van der Waals surface area (Å²) in [5, 5.41) is 13.4. The van der Waals surface area contributed by atoms with E-state index in [1.807, 2.05) is 23.2 Å². The number of carbonyl (C=O) groups excluding carboxylic acids is 2. The maximum atomic E-state index is 12.5. The van der Waals surface area contributed by atoms with Gasteiger partial charge in [0.25, 0.3) is 0 Å². The number of nitrogens with one attached hydrogen (secondary N) is 1. The summed E-state index contributed by atoms with van der Waals surface area (Å²) in [7, 11) is 0. The number of piperidine rings is 1. The molecule has 1 atom stereocenters. The van der Waals surface area contributed by atoms with E-state index in [-0.39, 0.29) is 29.7 Å². The minimum Gasteiger partial charge on any atom is -0.389 e. The molecule has 3 aliphatic rings. The average molecular weight is 343 g/mol. The second-order valence-electron chi connectivity index (χ2n) is 7.88. The van der Waals surface area contributed by atoms with Crippen molar-refractivity contribution in [2.24, 2.45) is 0 Å². The molecule has 3 fully saturated rings. The van der Waals surface area contributed by atoms with Crippen LogP contribution in [0.5, 0.6) is 0 Å². The highest BCUT2D eigenvalue weighted by Crippen LogP contribution is 2.43. The Labute approximate surface area is 147 Å². The molecule has 2 saturated heterocycles. The lowest BCUT2D eigenvalue weighted by molar-refractivity contribution is -0.142. The number of aromatic nitrogens is 1. The summed E-state index contributed by atoms with van der Waals surface area (Å²) < 4.78 is 0. The van der Waals surface area contributed by atoms with Crippen molar-refractivity contribution in [3.8, 4) is 0 Å². The van der Waals surface area contributed by atoms with Gasteiger partial charge in [-0.05, 0) is 43.7 Å². The monoisotopic (exact) mass is 343 g/mol. The quantitative estimate of drug-likeness (QED) is 0.868. The van der Waals surface area contributed by atoms with Gasteiger partial charge in [0.2, 0.25) is 11.8 Å². The summed E-state index contributed by atoms with van der Waals surface area (Å²) in [4.78, 5) is 30.7. The lowest BCUT2D eigenvalue weighted by Gasteiger charge is -2.44. The van der Waals surface area contributed by atoms with Crippen LogP contribution >= 0.6 is 0 Å². The SMILES string of the molecule is O=C1CC(c2cccnc2)C2(CCN(C(=O)CC3(O)CCC3)CC2)N1. The molecule has 3 heterocycles. The number of carbonyl (C=O) groups is 2. The van der Waals surface area contributed by atoms with Gasteiger partial charge < -0.3 is 15.3 Å². The number of hydrogen-bond donors (Lipinski definition) is 2. The Morgan fingerprint density at radius 3 is 2.68 bits per heavy atom. The molecule has 1 aliphatic carbocycles. The van der Waals surface area contributed by atoms with E-state index in [0.717, 1.165) is 37.7 Å². The van der Waals surface area contributed by atoms with Gasteiger partial charge in [-0.1, -0.05) is 6.07 Å². The smallest absolute Gasteiger partial charge is 0.225 e. The molecule has 1 unspecified atom stereocenters. The van der Waals surface area contributed by atoms with Crippen molar-refractivity contribution in [3.63, 3.8) is 0 Å². The second-order valence-corrected chi connectivity index (χ2v) is 7.88. The third kappa shape index (κ3) is 3.03. The summed E-state index contributed by atoms with van der Waals surface area (Å²) in [5.41, 5.74) is 0.0421. The zero-order chi connectivity index (χ0) is 17.5. The molecule has 4 rings (SSSR count). The number of likely N-dealkylation sites (tertiary alicyclic amines) is 1. The fourth-order valence-corrected chi connectivity index (χ4v) is 4.60. The highest BCUT2D eigenvalue weighted by molar-refractivity contribution is 5.82. The van der Waals surface area contributed by atoms with Crippen LogP contribution in [0.1, 0.15) is 56.4 Å². The standard InChI is InChI=1S/C19H25N3O3/c23-16-11-15(14-3-1-8-20-13-14)19(21-16)6-9-22(10-7-19)17(24)12-18(25)4-2-5-18/h1,3,8,13,15,25H,2,4-7,9-12H2,(H,21,23). The largest absolute Gasteiger partial charge is 0.389 e. The Bertz CT molecular complexity index is 664. The third-order valence-corrected chi connectivity index (χ3v) is 6.30. The Balaban J connectivity index is 1.44. The Kier molecular flexibility index (Phi) is 4.02. The van der Waals surface area contributed by atoms with Crippen LogP contribution in [0.15, 0.2) is 24.5 Å². The molecule has 25 heavy (non-hydrogen) atoms. The van der Waals surface area contributed by atoms with Crippen LogP contribution in [0.4, 0.5) is 0 Å². The molecule has 1 aromatic rings. The molecule has 2 amide bonds. The summed E-state index contributed by atoms with van der Waals surface area (Å²) in [6.07, 6.45) is 8.28. The molecule has 6 heteroatoms. The van der Waals surface area contributed by atoms with Crippen LogP contribution in [-0.4, -0.2) is 51.0 Å². The van der Waals surface area contributed by atoms with Crippen molar-refractivity contribution in [3.05, 3.63) is 30.1 Å². The second kappa shape index (κ2) is 6.09. The van der Waals surface area contributed by atoms with E-state index in [4.69, 9.17) is 0 Å². The van der Waals surface area contributed by atoms with Crippen molar-refractivity contribution < 1.29 is 14.7 Å². The van der Waals surface area contributed by atoms with Gasteiger partial charge >= 0.3 is 0 Å². The number of nitrogens with zero attached hydrogens (tertiary/aromatic N) is 2.